The van der Waals surface area contributed by atoms with Gasteiger partial charge in [-0.25, -0.2) is 0 Å². The van der Waals surface area contributed by atoms with Crippen molar-refractivity contribution in [3.63, 3.8) is 0 Å². The molecule has 106 valence electrons. The van der Waals surface area contributed by atoms with E-state index in [1.54, 1.807) is 0 Å². The predicted molar refractivity (Wildman–Crippen MR) is 76.2 cm³/mol. The fourth-order valence-corrected chi connectivity index (χ4v) is 3.18. The lowest BCUT2D eigenvalue weighted by atomic mass is 9.78. The maximum absolute atomic E-state index is 11.8. The minimum atomic E-state index is 0.117. The summed E-state index contributed by atoms with van der Waals surface area (Å²) in [6.45, 7) is 7.36. The van der Waals surface area contributed by atoms with E-state index in [1.165, 1.54) is 32.1 Å². The second-order valence-corrected chi connectivity index (χ2v) is 6.60. The minimum absolute atomic E-state index is 0.117. The second-order valence-electron chi connectivity index (χ2n) is 6.60. The van der Waals surface area contributed by atoms with Crippen molar-refractivity contribution in [2.75, 3.05) is 6.54 Å². The second kappa shape index (κ2) is 7.13. The van der Waals surface area contributed by atoms with Gasteiger partial charge in [0.1, 0.15) is 0 Å². The maximum atomic E-state index is 11.8. The number of nitrogens with one attached hydrogen (secondary N) is 1. The van der Waals surface area contributed by atoms with Crippen molar-refractivity contribution in [1.29, 1.82) is 0 Å². The topological polar surface area (TPSA) is 55.1 Å². The van der Waals surface area contributed by atoms with Gasteiger partial charge in [-0.1, -0.05) is 26.7 Å². The summed E-state index contributed by atoms with van der Waals surface area (Å²) < 4.78 is 0. The first-order chi connectivity index (χ1) is 8.43. The molecular weight excluding hydrogens is 224 g/mol. The molecule has 1 atom stereocenters. The SMILES string of the molecule is CC(C)CC1(CNC(=O)CCC(C)N)CCCC1. The Morgan fingerprint density at radius 3 is 2.39 bits per heavy atom. The quantitative estimate of drug-likeness (QED) is 0.734. The van der Waals surface area contributed by atoms with Crippen LogP contribution in [0.5, 0.6) is 0 Å². The third-order valence-electron chi connectivity index (χ3n) is 3.99. The lowest BCUT2D eigenvalue weighted by molar-refractivity contribution is -0.121. The molecule has 0 radical (unpaired) electrons. The van der Waals surface area contributed by atoms with E-state index in [1.807, 2.05) is 6.92 Å². The number of carbonyl (C=O) groups excluding carboxylic acids is 1. The van der Waals surface area contributed by atoms with Crippen LogP contribution in [-0.4, -0.2) is 18.5 Å². The predicted octanol–water partition coefficient (Wildman–Crippen LogP) is 2.84. The van der Waals surface area contributed by atoms with Gasteiger partial charge < -0.3 is 11.1 Å². The Bertz CT molecular complexity index is 255. The van der Waals surface area contributed by atoms with Gasteiger partial charge >= 0.3 is 0 Å². The molecule has 0 aliphatic heterocycles. The van der Waals surface area contributed by atoms with Crippen molar-refractivity contribution in [1.82, 2.24) is 5.32 Å². The van der Waals surface area contributed by atoms with E-state index in [2.05, 4.69) is 19.2 Å². The van der Waals surface area contributed by atoms with E-state index < -0.39 is 0 Å². The Kier molecular flexibility index (Phi) is 6.13. The van der Waals surface area contributed by atoms with E-state index in [0.29, 0.717) is 17.8 Å². The van der Waals surface area contributed by atoms with Crippen LogP contribution < -0.4 is 11.1 Å². The molecule has 1 saturated carbocycles. The molecule has 1 amide bonds. The Morgan fingerprint density at radius 1 is 1.28 bits per heavy atom. The van der Waals surface area contributed by atoms with Crippen molar-refractivity contribution in [2.45, 2.75) is 71.8 Å². The highest BCUT2D eigenvalue weighted by atomic mass is 16.1. The van der Waals surface area contributed by atoms with Crippen LogP contribution >= 0.6 is 0 Å². The van der Waals surface area contributed by atoms with Crippen LogP contribution in [0, 0.1) is 11.3 Å². The summed E-state index contributed by atoms with van der Waals surface area (Å²) in [5.74, 6) is 0.881. The number of carbonyl (C=O) groups is 1. The Labute approximate surface area is 112 Å². The lowest BCUT2D eigenvalue weighted by Gasteiger charge is -2.31. The molecule has 3 N–H and O–H groups in total. The van der Waals surface area contributed by atoms with E-state index >= 15 is 0 Å². The van der Waals surface area contributed by atoms with Gasteiger partial charge in [0.25, 0.3) is 0 Å². The molecule has 1 rings (SSSR count). The molecule has 1 unspecified atom stereocenters. The average molecular weight is 254 g/mol. The fourth-order valence-electron chi connectivity index (χ4n) is 3.18. The smallest absolute Gasteiger partial charge is 0.220 e. The van der Waals surface area contributed by atoms with Crippen LogP contribution in [0.15, 0.2) is 0 Å². The molecule has 1 aliphatic rings. The van der Waals surface area contributed by atoms with Crippen molar-refractivity contribution < 1.29 is 4.79 Å². The zero-order valence-electron chi connectivity index (χ0n) is 12.3. The maximum Gasteiger partial charge on any atom is 0.220 e. The molecule has 0 aromatic heterocycles. The standard InChI is InChI=1S/C15H30N2O/c1-12(2)10-15(8-4-5-9-15)11-17-14(18)7-6-13(3)16/h12-13H,4-11,16H2,1-3H3,(H,17,18). The molecule has 3 heteroatoms. The first-order valence-corrected chi connectivity index (χ1v) is 7.46. The summed E-state index contributed by atoms with van der Waals surface area (Å²) in [7, 11) is 0. The number of hydrogen-bond acceptors (Lipinski definition) is 2. The van der Waals surface area contributed by atoms with Crippen LogP contribution in [0.3, 0.4) is 0 Å². The first-order valence-electron chi connectivity index (χ1n) is 7.46. The van der Waals surface area contributed by atoms with Crippen LogP contribution in [0.25, 0.3) is 0 Å². The molecule has 0 heterocycles. The number of hydrogen-bond donors (Lipinski definition) is 2. The molecule has 3 nitrogen and oxygen atoms in total. The van der Waals surface area contributed by atoms with Crippen molar-refractivity contribution in [2.24, 2.45) is 17.1 Å². The van der Waals surface area contributed by atoms with Gasteiger partial charge in [-0.3, -0.25) is 4.79 Å². The van der Waals surface area contributed by atoms with Gasteiger partial charge in [-0.05, 0) is 43.9 Å². The van der Waals surface area contributed by atoms with Crippen molar-refractivity contribution >= 4 is 5.91 Å². The first kappa shape index (κ1) is 15.5. The lowest BCUT2D eigenvalue weighted by Crippen LogP contribution is -2.37. The third kappa shape index (κ3) is 5.38. The van der Waals surface area contributed by atoms with E-state index in [-0.39, 0.29) is 11.9 Å². The molecule has 1 aliphatic carbocycles. The molecule has 1 fully saturated rings. The molecule has 0 aromatic carbocycles. The molecular formula is C15H30N2O. The van der Waals surface area contributed by atoms with Crippen LogP contribution in [-0.2, 0) is 4.79 Å². The van der Waals surface area contributed by atoms with Crippen LogP contribution in [0.4, 0.5) is 0 Å². The molecule has 0 spiro atoms. The van der Waals surface area contributed by atoms with Gasteiger partial charge in [0.05, 0.1) is 0 Å². The number of amides is 1. The van der Waals surface area contributed by atoms with Gasteiger partial charge in [0.2, 0.25) is 5.91 Å². The molecule has 18 heavy (non-hydrogen) atoms. The van der Waals surface area contributed by atoms with Crippen LogP contribution in [0.1, 0.15) is 65.7 Å². The zero-order chi connectivity index (χ0) is 13.6. The molecule has 0 saturated heterocycles. The monoisotopic (exact) mass is 254 g/mol. The third-order valence-corrected chi connectivity index (χ3v) is 3.99. The number of rotatable bonds is 7. The minimum Gasteiger partial charge on any atom is -0.356 e. The van der Waals surface area contributed by atoms with E-state index in [4.69, 9.17) is 5.73 Å². The van der Waals surface area contributed by atoms with Gasteiger partial charge in [0, 0.05) is 19.0 Å². The summed E-state index contributed by atoms with van der Waals surface area (Å²) in [5, 5.41) is 3.13. The van der Waals surface area contributed by atoms with Crippen molar-refractivity contribution in [3.05, 3.63) is 0 Å². The number of nitrogens with two attached hydrogens (primary N) is 1. The Morgan fingerprint density at radius 2 is 1.89 bits per heavy atom. The summed E-state index contributed by atoms with van der Waals surface area (Å²) in [4.78, 5) is 11.8. The summed E-state index contributed by atoms with van der Waals surface area (Å²) in [6.07, 6.45) is 7.78. The molecule has 0 bridgehead atoms. The van der Waals surface area contributed by atoms with E-state index in [9.17, 15) is 4.79 Å². The van der Waals surface area contributed by atoms with Gasteiger partial charge in [-0.2, -0.15) is 0 Å². The highest BCUT2D eigenvalue weighted by molar-refractivity contribution is 5.75. The van der Waals surface area contributed by atoms with E-state index in [0.717, 1.165) is 13.0 Å². The van der Waals surface area contributed by atoms with Crippen molar-refractivity contribution in [3.8, 4) is 0 Å². The van der Waals surface area contributed by atoms with Crippen LogP contribution in [0.2, 0.25) is 0 Å². The highest BCUT2D eigenvalue weighted by Gasteiger charge is 2.34. The average Bonchev–Trinajstić information content (AvgIpc) is 2.71. The molecule has 0 aromatic rings. The highest BCUT2D eigenvalue weighted by Crippen LogP contribution is 2.42. The summed E-state index contributed by atoms with van der Waals surface area (Å²) in [6, 6.07) is 0.117. The zero-order valence-corrected chi connectivity index (χ0v) is 12.3. The Balaban J connectivity index is 2.36. The van der Waals surface area contributed by atoms with Gasteiger partial charge in [-0.15, -0.1) is 0 Å². The Hall–Kier alpha value is -0.570. The fraction of sp³-hybridized carbons (Fsp3) is 0.933. The summed E-state index contributed by atoms with van der Waals surface area (Å²) in [5.41, 5.74) is 6.04. The normalized spacial score (nSPS) is 20.1. The van der Waals surface area contributed by atoms with Gasteiger partial charge in [0.15, 0.2) is 0 Å². The largest absolute Gasteiger partial charge is 0.356 e. The summed E-state index contributed by atoms with van der Waals surface area (Å²) >= 11 is 0.